The van der Waals surface area contributed by atoms with Crippen LogP contribution < -0.4 is 9.64 Å². The second kappa shape index (κ2) is 6.55. The summed E-state index contributed by atoms with van der Waals surface area (Å²) in [4.78, 5) is 11.4. The van der Waals surface area contributed by atoms with Gasteiger partial charge in [-0.2, -0.15) is 4.98 Å². The average molecular weight is 328 g/mol. The van der Waals surface area contributed by atoms with Gasteiger partial charge in [-0.1, -0.05) is 15.9 Å². The van der Waals surface area contributed by atoms with Crippen molar-refractivity contribution in [2.75, 3.05) is 23.3 Å². The lowest BCUT2D eigenvalue weighted by molar-refractivity contribution is 0.232. The van der Waals surface area contributed by atoms with Crippen LogP contribution in [0.2, 0.25) is 0 Å². The molecular formula is C14H22BrN3O. The highest BCUT2D eigenvalue weighted by Gasteiger charge is 2.21. The van der Waals surface area contributed by atoms with Gasteiger partial charge < -0.3 is 9.64 Å². The predicted octanol–water partition coefficient (Wildman–Crippen LogP) is 3.18. The van der Waals surface area contributed by atoms with Gasteiger partial charge in [0.05, 0.1) is 6.10 Å². The Kier molecular flexibility index (Phi) is 5.02. The van der Waals surface area contributed by atoms with Crippen LogP contribution in [0.3, 0.4) is 0 Å². The van der Waals surface area contributed by atoms with E-state index in [4.69, 9.17) is 4.74 Å². The fourth-order valence-electron chi connectivity index (χ4n) is 2.34. The van der Waals surface area contributed by atoms with Crippen molar-refractivity contribution in [2.24, 2.45) is 5.92 Å². The average Bonchev–Trinajstić information content (AvgIpc) is 2.37. The van der Waals surface area contributed by atoms with Crippen LogP contribution in [0.5, 0.6) is 5.88 Å². The van der Waals surface area contributed by atoms with Gasteiger partial charge >= 0.3 is 0 Å². The minimum Gasteiger partial charge on any atom is -0.475 e. The summed E-state index contributed by atoms with van der Waals surface area (Å²) >= 11 is 3.58. The largest absolute Gasteiger partial charge is 0.475 e. The van der Waals surface area contributed by atoms with Crippen LogP contribution in [-0.4, -0.2) is 34.5 Å². The zero-order valence-electron chi connectivity index (χ0n) is 11.9. The first-order valence-electron chi connectivity index (χ1n) is 6.91. The first-order chi connectivity index (χ1) is 9.08. The van der Waals surface area contributed by atoms with Crippen molar-refractivity contribution in [3.63, 3.8) is 0 Å². The quantitative estimate of drug-likeness (QED) is 0.796. The van der Waals surface area contributed by atoms with Gasteiger partial charge in [0, 0.05) is 30.2 Å². The maximum Gasteiger partial charge on any atom is 0.228 e. The second-order valence-corrected chi connectivity index (χ2v) is 6.07. The van der Waals surface area contributed by atoms with Crippen LogP contribution in [0.1, 0.15) is 32.4 Å². The summed E-state index contributed by atoms with van der Waals surface area (Å²) in [6.45, 7) is 8.08. The molecule has 1 aromatic heterocycles. The van der Waals surface area contributed by atoms with E-state index in [0.717, 1.165) is 30.1 Å². The lowest BCUT2D eigenvalue weighted by Crippen LogP contribution is -2.37. The van der Waals surface area contributed by atoms with Crippen LogP contribution in [0, 0.1) is 12.8 Å². The SMILES string of the molecule is Cc1cc(OC(C)C)nc(N2CCCC(CBr)C2)n1. The Labute approximate surface area is 123 Å². The molecule has 19 heavy (non-hydrogen) atoms. The molecule has 0 spiro atoms. The number of aromatic nitrogens is 2. The molecule has 1 aliphatic rings. The highest BCUT2D eigenvalue weighted by Crippen LogP contribution is 2.23. The van der Waals surface area contributed by atoms with E-state index in [2.05, 4.69) is 30.8 Å². The molecule has 0 aliphatic carbocycles. The highest BCUT2D eigenvalue weighted by molar-refractivity contribution is 9.09. The normalized spacial score (nSPS) is 19.8. The van der Waals surface area contributed by atoms with E-state index in [9.17, 15) is 0 Å². The molecule has 2 rings (SSSR count). The van der Waals surface area contributed by atoms with Gasteiger partial charge in [0.2, 0.25) is 11.8 Å². The minimum absolute atomic E-state index is 0.138. The number of halogens is 1. The van der Waals surface area contributed by atoms with Gasteiger partial charge in [-0.25, -0.2) is 4.98 Å². The summed E-state index contributed by atoms with van der Waals surface area (Å²) in [6, 6.07) is 1.90. The summed E-state index contributed by atoms with van der Waals surface area (Å²) in [6.07, 6.45) is 2.62. The predicted molar refractivity (Wildman–Crippen MR) is 81.3 cm³/mol. The van der Waals surface area contributed by atoms with E-state index in [1.807, 2.05) is 26.8 Å². The number of nitrogens with zero attached hydrogens (tertiary/aromatic N) is 3. The van der Waals surface area contributed by atoms with Crippen molar-refractivity contribution in [1.29, 1.82) is 0 Å². The van der Waals surface area contributed by atoms with E-state index < -0.39 is 0 Å². The fourth-order valence-corrected chi connectivity index (χ4v) is 2.87. The number of ether oxygens (including phenoxy) is 1. The molecule has 0 amide bonds. The third-order valence-corrected chi connectivity index (χ3v) is 4.11. The van der Waals surface area contributed by atoms with E-state index in [1.165, 1.54) is 12.8 Å². The molecule has 4 nitrogen and oxygen atoms in total. The zero-order chi connectivity index (χ0) is 13.8. The van der Waals surface area contributed by atoms with Crippen molar-refractivity contribution in [1.82, 2.24) is 9.97 Å². The van der Waals surface area contributed by atoms with Crippen molar-refractivity contribution < 1.29 is 4.74 Å². The number of aryl methyl sites for hydroxylation is 1. The Hall–Kier alpha value is -0.840. The Morgan fingerprint density at radius 1 is 1.47 bits per heavy atom. The monoisotopic (exact) mass is 327 g/mol. The molecule has 1 aliphatic heterocycles. The van der Waals surface area contributed by atoms with E-state index in [0.29, 0.717) is 11.8 Å². The Morgan fingerprint density at radius 3 is 2.95 bits per heavy atom. The summed E-state index contributed by atoms with van der Waals surface area (Å²) < 4.78 is 5.69. The van der Waals surface area contributed by atoms with E-state index in [1.54, 1.807) is 0 Å². The highest BCUT2D eigenvalue weighted by atomic mass is 79.9. The number of hydrogen-bond donors (Lipinski definition) is 0. The molecule has 0 bridgehead atoms. The smallest absolute Gasteiger partial charge is 0.228 e. The maximum atomic E-state index is 5.69. The maximum absolute atomic E-state index is 5.69. The van der Waals surface area contributed by atoms with Crippen LogP contribution in [-0.2, 0) is 0 Å². The summed E-state index contributed by atoms with van der Waals surface area (Å²) in [5.41, 5.74) is 0.960. The molecule has 2 heterocycles. The topological polar surface area (TPSA) is 38.2 Å². The first kappa shape index (κ1) is 14.6. The molecule has 1 unspecified atom stereocenters. The lowest BCUT2D eigenvalue weighted by atomic mass is 10.0. The molecule has 5 heteroatoms. The number of hydrogen-bond acceptors (Lipinski definition) is 4. The Morgan fingerprint density at radius 2 is 2.26 bits per heavy atom. The Balaban J connectivity index is 2.16. The van der Waals surface area contributed by atoms with Gasteiger partial charge in [0.15, 0.2) is 0 Å². The molecule has 1 fully saturated rings. The fraction of sp³-hybridized carbons (Fsp3) is 0.714. The first-order valence-corrected chi connectivity index (χ1v) is 8.04. The Bertz CT molecular complexity index is 425. The van der Waals surface area contributed by atoms with Crippen molar-refractivity contribution in [3.8, 4) is 5.88 Å². The molecule has 1 saturated heterocycles. The molecule has 0 aromatic carbocycles. The molecule has 106 valence electrons. The standard InChI is InChI=1S/C14H22BrN3O/c1-10(2)19-13-7-11(3)16-14(17-13)18-6-4-5-12(8-15)9-18/h7,10,12H,4-6,8-9H2,1-3H3. The van der Waals surface area contributed by atoms with Crippen molar-refractivity contribution >= 4 is 21.9 Å². The second-order valence-electron chi connectivity index (χ2n) is 5.42. The molecule has 0 saturated carbocycles. The van der Waals surface area contributed by atoms with E-state index in [-0.39, 0.29) is 6.10 Å². The third-order valence-electron chi connectivity index (χ3n) is 3.20. The number of alkyl halides is 1. The van der Waals surface area contributed by atoms with Gasteiger partial charge in [0.25, 0.3) is 0 Å². The van der Waals surface area contributed by atoms with E-state index >= 15 is 0 Å². The summed E-state index contributed by atoms with van der Waals surface area (Å²) in [5, 5.41) is 1.05. The summed E-state index contributed by atoms with van der Waals surface area (Å²) in [7, 11) is 0. The number of rotatable bonds is 4. The molecule has 1 atom stereocenters. The van der Waals surface area contributed by atoms with Crippen molar-refractivity contribution in [2.45, 2.75) is 39.7 Å². The van der Waals surface area contributed by atoms with Crippen LogP contribution in [0.4, 0.5) is 5.95 Å². The molecular weight excluding hydrogens is 306 g/mol. The lowest BCUT2D eigenvalue weighted by Gasteiger charge is -2.32. The van der Waals surface area contributed by atoms with Gasteiger partial charge in [-0.3, -0.25) is 0 Å². The summed E-state index contributed by atoms with van der Waals surface area (Å²) in [5.74, 6) is 2.17. The zero-order valence-corrected chi connectivity index (χ0v) is 13.5. The number of piperidine rings is 1. The minimum atomic E-state index is 0.138. The molecule has 1 aromatic rings. The molecule has 0 N–H and O–H groups in total. The van der Waals surface area contributed by atoms with Crippen LogP contribution in [0.25, 0.3) is 0 Å². The van der Waals surface area contributed by atoms with Crippen LogP contribution >= 0.6 is 15.9 Å². The van der Waals surface area contributed by atoms with Gasteiger partial charge in [-0.15, -0.1) is 0 Å². The van der Waals surface area contributed by atoms with Gasteiger partial charge in [-0.05, 0) is 39.5 Å². The third kappa shape index (κ3) is 4.06. The van der Waals surface area contributed by atoms with Crippen molar-refractivity contribution in [3.05, 3.63) is 11.8 Å². The number of anilines is 1. The van der Waals surface area contributed by atoms with Crippen LogP contribution in [0.15, 0.2) is 6.07 Å². The van der Waals surface area contributed by atoms with Gasteiger partial charge in [0.1, 0.15) is 0 Å². The molecule has 0 radical (unpaired) electrons.